The van der Waals surface area contributed by atoms with Gasteiger partial charge in [0.05, 0.1) is 6.10 Å². The number of aliphatic hydroxyl groups is 1. The summed E-state index contributed by atoms with van der Waals surface area (Å²) in [6.07, 6.45) is 5.02. The lowest BCUT2D eigenvalue weighted by molar-refractivity contribution is -0.568. The summed E-state index contributed by atoms with van der Waals surface area (Å²) in [5, 5.41) is 9.15. The van der Waals surface area contributed by atoms with Crippen LogP contribution in [0.2, 0.25) is 0 Å². The van der Waals surface area contributed by atoms with Crippen molar-refractivity contribution in [1.82, 2.24) is 0 Å². The molecule has 1 aromatic rings. The van der Waals surface area contributed by atoms with E-state index in [0.717, 1.165) is 5.56 Å². The molecule has 0 aromatic carbocycles. The van der Waals surface area contributed by atoms with Crippen LogP contribution >= 0.6 is 0 Å². The van der Waals surface area contributed by atoms with E-state index in [0.29, 0.717) is 0 Å². The predicted octanol–water partition coefficient (Wildman–Crippen LogP) is 1.13. The molecule has 1 atom stereocenters. The lowest BCUT2D eigenvalue weighted by atomic mass is 10.2. The number of aromatic nitrogens is 1. The maximum atomic E-state index is 9.15. The molecule has 0 radical (unpaired) electrons. The van der Waals surface area contributed by atoms with Crippen LogP contribution in [0.15, 0.2) is 31.1 Å². The first-order valence-electron chi connectivity index (χ1n) is 3.55. The fourth-order valence-electron chi connectivity index (χ4n) is 0.850. The quantitative estimate of drug-likeness (QED) is 0.628. The van der Waals surface area contributed by atoms with Crippen LogP contribution in [0.5, 0.6) is 0 Å². The fourth-order valence-corrected chi connectivity index (χ4v) is 0.850. The van der Waals surface area contributed by atoms with E-state index in [-0.39, 0.29) is 0 Å². The summed E-state index contributed by atoms with van der Waals surface area (Å²) >= 11 is 0. The van der Waals surface area contributed by atoms with Gasteiger partial charge in [-0.05, 0) is 19.1 Å². The first kappa shape index (κ1) is 7.95. The summed E-state index contributed by atoms with van der Waals surface area (Å²) < 4.78 is 1.83. The molecule has 0 aliphatic rings. The molecule has 0 fully saturated rings. The molecule has 0 spiro atoms. The fraction of sp³-hybridized carbons (Fsp3) is 0.222. The molecule has 1 aromatic heterocycles. The minimum atomic E-state index is -0.394. The highest BCUT2D eigenvalue weighted by Crippen LogP contribution is 2.07. The van der Waals surface area contributed by atoms with Crippen molar-refractivity contribution < 1.29 is 9.67 Å². The van der Waals surface area contributed by atoms with Gasteiger partial charge in [0.25, 0.3) is 0 Å². The van der Waals surface area contributed by atoms with E-state index in [1.807, 2.05) is 29.1 Å². The second-order valence-corrected chi connectivity index (χ2v) is 2.44. The van der Waals surface area contributed by atoms with Gasteiger partial charge in [0.15, 0.2) is 18.6 Å². The van der Waals surface area contributed by atoms with E-state index in [1.165, 1.54) is 0 Å². The number of hydrogen-bond donors (Lipinski definition) is 1. The lowest BCUT2D eigenvalue weighted by Gasteiger charge is -2.00. The van der Waals surface area contributed by atoms with Gasteiger partial charge in [-0.15, -0.1) is 0 Å². The van der Waals surface area contributed by atoms with Gasteiger partial charge in [0.1, 0.15) is 0 Å². The maximum absolute atomic E-state index is 9.15. The standard InChI is InChI=1S/C9H12NO/c1-3-10-6-4-9(5-7-10)8(2)11/h3-8,11H,1H2,2H3/q+1. The molecule has 2 nitrogen and oxygen atoms in total. The van der Waals surface area contributed by atoms with Gasteiger partial charge in [-0.3, -0.25) is 0 Å². The van der Waals surface area contributed by atoms with Gasteiger partial charge in [-0.2, -0.15) is 4.57 Å². The third kappa shape index (κ3) is 1.88. The largest absolute Gasteiger partial charge is 0.389 e. The van der Waals surface area contributed by atoms with Gasteiger partial charge in [0, 0.05) is 12.1 Å². The minimum absolute atomic E-state index is 0.394. The molecule has 0 amide bonds. The molecule has 1 heterocycles. The third-order valence-electron chi connectivity index (χ3n) is 1.57. The summed E-state index contributed by atoms with van der Waals surface area (Å²) in [4.78, 5) is 0. The van der Waals surface area contributed by atoms with Crippen LogP contribution in [-0.4, -0.2) is 5.11 Å². The van der Waals surface area contributed by atoms with Gasteiger partial charge in [0.2, 0.25) is 0 Å². The Kier molecular flexibility index (Phi) is 2.39. The second kappa shape index (κ2) is 3.30. The highest BCUT2D eigenvalue weighted by Gasteiger charge is 2.01. The van der Waals surface area contributed by atoms with Gasteiger partial charge < -0.3 is 5.11 Å². The van der Waals surface area contributed by atoms with E-state index in [9.17, 15) is 0 Å². The zero-order valence-electron chi connectivity index (χ0n) is 6.57. The Balaban J connectivity index is 2.91. The number of hydrogen-bond acceptors (Lipinski definition) is 1. The SMILES string of the molecule is C=C[n+]1ccc(C(C)O)cc1. The molecule has 0 aliphatic heterocycles. The summed E-state index contributed by atoms with van der Waals surface area (Å²) in [7, 11) is 0. The van der Waals surface area contributed by atoms with Crippen LogP contribution in [0.3, 0.4) is 0 Å². The van der Waals surface area contributed by atoms with Gasteiger partial charge >= 0.3 is 0 Å². The van der Waals surface area contributed by atoms with Gasteiger partial charge in [-0.25, -0.2) is 0 Å². The van der Waals surface area contributed by atoms with Crippen molar-refractivity contribution in [3.8, 4) is 0 Å². The lowest BCUT2D eigenvalue weighted by Crippen LogP contribution is -2.23. The maximum Gasteiger partial charge on any atom is 0.174 e. The number of nitrogens with zero attached hydrogens (tertiary/aromatic N) is 1. The van der Waals surface area contributed by atoms with Crippen molar-refractivity contribution in [2.75, 3.05) is 0 Å². The van der Waals surface area contributed by atoms with Crippen molar-refractivity contribution in [1.29, 1.82) is 0 Å². The summed E-state index contributed by atoms with van der Waals surface area (Å²) in [6, 6.07) is 3.73. The molecule has 11 heavy (non-hydrogen) atoms. The molecule has 1 rings (SSSR count). The normalized spacial score (nSPS) is 12.5. The van der Waals surface area contributed by atoms with Crippen LogP contribution in [-0.2, 0) is 0 Å². The second-order valence-electron chi connectivity index (χ2n) is 2.44. The van der Waals surface area contributed by atoms with E-state index >= 15 is 0 Å². The van der Waals surface area contributed by atoms with Crippen molar-refractivity contribution in [2.45, 2.75) is 13.0 Å². The summed E-state index contributed by atoms with van der Waals surface area (Å²) in [5.74, 6) is 0. The molecule has 0 aliphatic carbocycles. The van der Waals surface area contributed by atoms with Crippen molar-refractivity contribution in [3.05, 3.63) is 36.7 Å². The van der Waals surface area contributed by atoms with E-state index in [1.54, 1.807) is 13.1 Å². The van der Waals surface area contributed by atoms with Crippen molar-refractivity contribution in [2.24, 2.45) is 0 Å². The Hall–Kier alpha value is -1.15. The van der Waals surface area contributed by atoms with Crippen LogP contribution < -0.4 is 4.57 Å². The summed E-state index contributed by atoms with van der Waals surface area (Å²) in [5.41, 5.74) is 0.920. The average molecular weight is 150 g/mol. The number of rotatable bonds is 2. The van der Waals surface area contributed by atoms with Crippen LogP contribution in [0, 0.1) is 0 Å². The first-order valence-corrected chi connectivity index (χ1v) is 3.55. The zero-order chi connectivity index (χ0) is 8.27. The Bertz CT molecular complexity index is 238. The molecule has 1 unspecified atom stereocenters. The van der Waals surface area contributed by atoms with E-state index in [2.05, 4.69) is 6.58 Å². The van der Waals surface area contributed by atoms with Crippen molar-refractivity contribution >= 4 is 6.20 Å². The van der Waals surface area contributed by atoms with Crippen LogP contribution in [0.1, 0.15) is 18.6 Å². The van der Waals surface area contributed by atoms with Crippen molar-refractivity contribution in [3.63, 3.8) is 0 Å². The van der Waals surface area contributed by atoms with E-state index in [4.69, 9.17) is 5.11 Å². The first-order chi connectivity index (χ1) is 5.24. The number of aliphatic hydroxyl groups excluding tert-OH is 1. The Morgan fingerprint density at radius 1 is 1.55 bits per heavy atom. The van der Waals surface area contributed by atoms with Crippen LogP contribution in [0.25, 0.3) is 6.20 Å². The topological polar surface area (TPSA) is 24.1 Å². The smallest absolute Gasteiger partial charge is 0.174 e. The molecule has 0 bridgehead atoms. The molecule has 2 heteroatoms. The Morgan fingerprint density at radius 2 is 2.09 bits per heavy atom. The molecule has 0 saturated carbocycles. The molecule has 58 valence electrons. The monoisotopic (exact) mass is 150 g/mol. The van der Waals surface area contributed by atoms with E-state index < -0.39 is 6.10 Å². The Labute approximate surface area is 66.4 Å². The zero-order valence-corrected chi connectivity index (χ0v) is 6.57. The van der Waals surface area contributed by atoms with Crippen LogP contribution in [0.4, 0.5) is 0 Å². The predicted molar refractivity (Wildman–Crippen MR) is 43.7 cm³/mol. The molecule has 1 N–H and O–H groups in total. The molecular weight excluding hydrogens is 138 g/mol. The number of pyridine rings is 1. The average Bonchev–Trinajstić information content (AvgIpc) is 2.05. The highest BCUT2D eigenvalue weighted by atomic mass is 16.3. The Morgan fingerprint density at radius 3 is 2.45 bits per heavy atom. The molecular formula is C9H12NO+. The van der Waals surface area contributed by atoms with Gasteiger partial charge in [-0.1, -0.05) is 0 Å². The minimum Gasteiger partial charge on any atom is -0.389 e. The third-order valence-corrected chi connectivity index (χ3v) is 1.57. The highest BCUT2D eigenvalue weighted by molar-refractivity contribution is 5.11. The summed E-state index contributed by atoms with van der Waals surface area (Å²) in [6.45, 7) is 5.35. The molecule has 0 saturated heterocycles.